The van der Waals surface area contributed by atoms with E-state index in [1.54, 1.807) is 7.11 Å². The van der Waals surface area contributed by atoms with Crippen LogP contribution in [0.15, 0.2) is 48.5 Å². The van der Waals surface area contributed by atoms with E-state index in [1.165, 1.54) is 33.8 Å². The predicted octanol–water partition coefficient (Wildman–Crippen LogP) is 4.84. The van der Waals surface area contributed by atoms with Crippen LogP contribution in [0.3, 0.4) is 0 Å². The number of methoxy groups -OCH3 is 1. The number of rotatable bonds is 11. The number of para-hydroxylation sites is 1. The number of hydrogen-bond donors (Lipinski definition) is 0. The molecule has 36 heavy (non-hydrogen) atoms. The third kappa shape index (κ3) is 6.17. The van der Waals surface area contributed by atoms with Crippen molar-refractivity contribution in [1.29, 1.82) is 0 Å². The van der Waals surface area contributed by atoms with Gasteiger partial charge >= 0.3 is 0 Å². The molecular formula is C30H43N5O. The van der Waals surface area contributed by atoms with Crippen molar-refractivity contribution in [2.45, 2.75) is 47.2 Å². The quantitative estimate of drug-likeness (QED) is 0.385. The van der Waals surface area contributed by atoms with E-state index in [0.717, 1.165) is 64.5 Å². The van der Waals surface area contributed by atoms with Crippen LogP contribution in [0, 0.1) is 13.8 Å². The summed E-state index contributed by atoms with van der Waals surface area (Å²) in [5.41, 5.74) is 7.71. The maximum atomic E-state index is 5.52. The van der Waals surface area contributed by atoms with Gasteiger partial charge < -0.3 is 14.5 Å². The molecule has 0 spiro atoms. The summed E-state index contributed by atoms with van der Waals surface area (Å²) in [6.45, 7) is 17.6. The zero-order valence-corrected chi connectivity index (χ0v) is 22.8. The average Bonchev–Trinajstić information content (AvgIpc) is 3.27. The van der Waals surface area contributed by atoms with Crippen molar-refractivity contribution < 1.29 is 4.74 Å². The van der Waals surface area contributed by atoms with Crippen LogP contribution in [-0.2, 0) is 24.2 Å². The van der Waals surface area contributed by atoms with E-state index >= 15 is 0 Å². The van der Waals surface area contributed by atoms with Gasteiger partial charge in [-0.25, -0.2) is 4.68 Å². The van der Waals surface area contributed by atoms with E-state index in [9.17, 15) is 0 Å². The molecule has 0 amide bonds. The number of piperazine rings is 1. The highest BCUT2D eigenvalue weighted by Gasteiger charge is 2.27. The third-order valence-corrected chi connectivity index (χ3v) is 7.38. The van der Waals surface area contributed by atoms with Crippen LogP contribution in [0.1, 0.15) is 41.8 Å². The zero-order chi connectivity index (χ0) is 25.5. The first-order valence-corrected chi connectivity index (χ1v) is 13.4. The van der Waals surface area contributed by atoms with Gasteiger partial charge in [-0.15, -0.1) is 0 Å². The number of aryl methyl sites for hydroxylation is 3. The molecule has 0 bridgehead atoms. The second kappa shape index (κ2) is 12.5. The Labute approximate surface area is 217 Å². The molecule has 3 aromatic rings. The molecule has 4 rings (SSSR count). The lowest BCUT2D eigenvalue weighted by Crippen LogP contribution is -2.47. The second-order valence-electron chi connectivity index (χ2n) is 9.90. The molecule has 1 aromatic heterocycles. The fourth-order valence-electron chi connectivity index (χ4n) is 5.20. The molecule has 6 nitrogen and oxygen atoms in total. The van der Waals surface area contributed by atoms with Gasteiger partial charge in [0.05, 0.1) is 18.0 Å². The van der Waals surface area contributed by atoms with Crippen LogP contribution >= 0.6 is 0 Å². The van der Waals surface area contributed by atoms with Gasteiger partial charge in [0, 0.05) is 58.5 Å². The maximum Gasteiger partial charge on any atom is 0.137 e. The van der Waals surface area contributed by atoms with Crippen molar-refractivity contribution in [1.82, 2.24) is 19.6 Å². The summed E-state index contributed by atoms with van der Waals surface area (Å²) >= 11 is 0. The van der Waals surface area contributed by atoms with Gasteiger partial charge in [-0.05, 0) is 50.1 Å². The lowest BCUT2D eigenvalue weighted by molar-refractivity contribution is 0.140. The molecule has 1 aliphatic heterocycles. The fourth-order valence-corrected chi connectivity index (χ4v) is 5.20. The van der Waals surface area contributed by atoms with Gasteiger partial charge in [-0.2, -0.15) is 5.10 Å². The molecule has 0 N–H and O–H groups in total. The highest BCUT2D eigenvalue weighted by molar-refractivity contribution is 5.56. The summed E-state index contributed by atoms with van der Waals surface area (Å²) in [7, 11) is 1.79. The summed E-state index contributed by atoms with van der Waals surface area (Å²) in [6.07, 6.45) is 0.915. The largest absolute Gasteiger partial charge is 0.383 e. The summed E-state index contributed by atoms with van der Waals surface area (Å²) < 4.78 is 7.72. The van der Waals surface area contributed by atoms with E-state index < -0.39 is 0 Å². The number of benzene rings is 2. The van der Waals surface area contributed by atoms with Crippen LogP contribution in [0.5, 0.6) is 0 Å². The van der Waals surface area contributed by atoms with E-state index in [1.807, 2.05) is 0 Å². The van der Waals surface area contributed by atoms with Crippen LogP contribution < -0.4 is 4.90 Å². The minimum Gasteiger partial charge on any atom is -0.383 e. The smallest absolute Gasteiger partial charge is 0.137 e. The van der Waals surface area contributed by atoms with E-state index in [2.05, 4.69) is 95.6 Å². The summed E-state index contributed by atoms with van der Waals surface area (Å²) in [5.74, 6) is 1.26. The minimum atomic E-state index is 0.712. The Morgan fingerprint density at radius 1 is 0.944 bits per heavy atom. The maximum absolute atomic E-state index is 5.52. The lowest BCUT2D eigenvalue weighted by Gasteiger charge is -2.36. The van der Waals surface area contributed by atoms with Crippen molar-refractivity contribution in [3.8, 4) is 5.69 Å². The van der Waals surface area contributed by atoms with Crippen LogP contribution in [0.4, 0.5) is 5.82 Å². The molecule has 0 saturated carbocycles. The molecule has 0 atom stereocenters. The molecule has 194 valence electrons. The molecule has 1 aliphatic rings. The van der Waals surface area contributed by atoms with Crippen molar-refractivity contribution in [2.75, 3.05) is 57.9 Å². The van der Waals surface area contributed by atoms with Gasteiger partial charge in [-0.1, -0.05) is 55.8 Å². The molecule has 0 unspecified atom stereocenters. The average molecular weight is 490 g/mol. The van der Waals surface area contributed by atoms with Gasteiger partial charge in [0.1, 0.15) is 5.82 Å². The summed E-state index contributed by atoms with van der Waals surface area (Å²) in [6, 6.07) is 17.4. The number of aromatic nitrogens is 2. The minimum absolute atomic E-state index is 0.712. The Kier molecular flexibility index (Phi) is 9.19. The van der Waals surface area contributed by atoms with Crippen molar-refractivity contribution in [3.63, 3.8) is 0 Å². The molecule has 2 aromatic carbocycles. The highest BCUT2D eigenvalue weighted by Crippen LogP contribution is 2.31. The van der Waals surface area contributed by atoms with Crippen molar-refractivity contribution >= 4 is 5.82 Å². The normalized spacial score (nSPS) is 14.7. The lowest BCUT2D eigenvalue weighted by atomic mass is 10.0. The van der Waals surface area contributed by atoms with Gasteiger partial charge in [0.25, 0.3) is 0 Å². The number of nitrogens with zero attached hydrogens (tertiary/aromatic N) is 5. The molecule has 0 aliphatic carbocycles. The van der Waals surface area contributed by atoms with E-state index in [0.29, 0.717) is 6.61 Å². The fraction of sp³-hybridized carbons (Fsp3) is 0.500. The van der Waals surface area contributed by atoms with E-state index in [-0.39, 0.29) is 0 Å². The first kappa shape index (κ1) is 26.4. The molecule has 1 saturated heterocycles. The van der Waals surface area contributed by atoms with E-state index in [4.69, 9.17) is 9.84 Å². The number of likely N-dealkylation sites (N-methyl/N-ethyl adjacent to an activating group) is 1. The SMILES string of the molecule is CCc1nn(-c2ccccc2)c(N2CCN(CC)CC2)c1CN(CCOC)Cc1ccc(C)cc1C. The standard InChI is InChI=1S/C30H43N5O/c1-6-29-28(23-33(19-20-36-5)22-26-14-13-24(3)21-25(26)4)30(34-17-15-32(7-2)16-18-34)35(31-29)27-11-9-8-10-12-27/h8-14,21H,6-7,15-20,22-23H2,1-5H3. The molecule has 6 heteroatoms. The summed E-state index contributed by atoms with van der Waals surface area (Å²) in [4.78, 5) is 7.62. The molecular weight excluding hydrogens is 446 g/mol. The Morgan fingerprint density at radius 3 is 2.33 bits per heavy atom. The topological polar surface area (TPSA) is 36.8 Å². The van der Waals surface area contributed by atoms with Gasteiger partial charge in [0.15, 0.2) is 0 Å². The van der Waals surface area contributed by atoms with Crippen LogP contribution in [0.25, 0.3) is 5.69 Å². The third-order valence-electron chi connectivity index (χ3n) is 7.38. The van der Waals surface area contributed by atoms with Crippen LogP contribution in [0.2, 0.25) is 0 Å². The molecule has 2 heterocycles. The Balaban J connectivity index is 1.72. The van der Waals surface area contributed by atoms with Gasteiger partial charge in [0.2, 0.25) is 0 Å². The molecule has 1 fully saturated rings. The number of hydrogen-bond acceptors (Lipinski definition) is 5. The Hall–Kier alpha value is -2.67. The molecule has 0 radical (unpaired) electrons. The number of anilines is 1. The zero-order valence-electron chi connectivity index (χ0n) is 22.8. The first-order valence-electron chi connectivity index (χ1n) is 13.4. The van der Waals surface area contributed by atoms with Gasteiger partial charge in [-0.3, -0.25) is 4.90 Å². The predicted molar refractivity (Wildman–Crippen MR) is 149 cm³/mol. The van der Waals surface area contributed by atoms with Crippen molar-refractivity contribution in [2.24, 2.45) is 0 Å². The Morgan fingerprint density at radius 2 is 1.69 bits per heavy atom. The summed E-state index contributed by atoms with van der Waals surface area (Å²) in [5, 5.41) is 5.19. The monoisotopic (exact) mass is 489 g/mol. The van der Waals surface area contributed by atoms with Crippen molar-refractivity contribution in [3.05, 3.63) is 76.5 Å². The van der Waals surface area contributed by atoms with Crippen LogP contribution in [-0.4, -0.2) is 72.6 Å². The Bertz CT molecular complexity index is 1100. The first-order chi connectivity index (χ1) is 17.5. The second-order valence-corrected chi connectivity index (χ2v) is 9.90. The highest BCUT2D eigenvalue weighted by atomic mass is 16.5. The number of ether oxygens (including phenoxy) is 1.